The third kappa shape index (κ3) is 6.52. The number of esters is 1. The molecule has 0 saturated heterocycles. The standard InChI is InChI=1S/C25H27F3O6/c1-14-20(23(30)34-24(3,4)5)15(2)22(32-7)18(21(14)31-6)12-13-19(29)16-8-10-17(11-9-16)33-25(26,27)28/h8-13H,1-7H3. The summed E-state index contributed by atoms with van der Waals surface area (Å²) in [6.07, 6.45) is -2.11. The van der Waals surface area contributed by atoms with Gasteiger partial charge in [-0.05, 0) is 71.0 Å². The molecule has 0 fully saturated rings. The average molecular weight is 480 g/mol. The van der Waals surface area contributed by atoms with Crippen molar-refractivity contribution in [2.45, 2.75) is 46.6 Å². The van der Waals surface area contributed by atoms with E-state index in [1.54, 1.807) is 34.6 Å². The summed E-state index contributed by atoms with van der Waals surface area (Å²) in [5.41, 5.74) is 1.20. The van der Waals surface area contributed by atoms with Crippen LogP contribution in [0.4, 0.5) is 13.2 Å². The fourth-order valence-corrected chi connectivity index (χ4v) is 3.40. The predicted octanol–water partition coefficient (Wildman–Crippen LogP) is 6.07. The molecule has 0 heterocycles. The molecule has 0 radical (unpaired) electrons. The minimum Gasteiger partial charge on any atom is -0.496 e. The van der Waals surface area contributed by atoms with Crippen LogP contribution < -0.4 is 14.2 Å². The molecule has 9 heteroatoms. The van der Waals surface area contributed by atoms with E-state index in [1.807, 2.05) is 0 Å². The van der Waals surface area contributed by atoms with Gasteiger partial charge in [0.1, 0.15) is 22.8 Å². The highest BCUT2D eigenvalue weighted by molar-refractivity contribution is 6.07. The molecule has 2 aromatic carbocycles. The summed E-state index contributed by atoms with van der Waals surface area (Å²) in [4.78, 5) is 25.4. The number of carbonyl (C=O) groups excluding carboxylic acids is 2. The Labute approximate surface area is 196 Å². The Morgan fingerprint density at radius 2 is 1.38 bits per heavy atom. The Morgan fingerprint density at radius 1 is 0.882 bits per heavy atom. The molecule has 0 aromatic heterocycles. The Kier molecular flexibility index (Phi) is 8.02. The molecule has 0 aliphatic heterocycles. The first-order chi connectivity index (χ1) is 15.7. The molecule has 0 N–H and O–H groups in total. The van der Waals surface area contributed by atoms with Crippen LogP contribution in [0.3, 0.4) is 0 Å². The van der Waals surface area contributed by atoms with Crippen molar-refractivity contribution >= 4 is 17.8 Å². The molecule has 6 nitrogen and oxygen atoms in total. The van der Waals surface area contributed by atoms with Gasteiger partial charge in [0.05, 0.1) is 25.3 Å². The number of allylic oxidation sites excluding steroid dienone is 1. The largest absolute Gasteiger partial charge is 0.573 e. The zero-order valence-electron chi connectivity index (χ0n) is 20.0. The minimum absolute atomic E-state index is 0.155. The van der Waals surface area contributed by atoms with Gasteiger partial charge in [0.25, 0.3) is 0 Å². The third-order valence-electron chi connectivity index (χ3n) is 4.71. The maximum atomic E-state index is 12.8. The van der Waals surface area contributed by atoms with E-state index in [-0.39, 0.29) is 5.56 Å². The average Bonchev–Trinajstić information content (AvgIpc) is 2.70. The Morgan fingerprint density at radius 3 is 1.79 bits per heavy atom. The molecule has 34 heavy (non-hydrogen) atoms. The van der Waals surface area contributed by atoms with Crippen LogP contribution in [-0.2, 0) is 4.74 Å². The van der Waals surface area contributed by atoms with Gasteiger partial charge in [-0.2, -0.15) is 0 Å². The first-order valence-corrected chi connectivity index (χ1v) is 10.2. The van der Waals surface area contributed by atoms with Crippen LogP contribution in [0.2, 0.25) is 0 Å². The van der Waals surface area contributed by atoms with E-state index >= 15 is 0 Å². The molecule has 0 atom stereocenters. The summed E-state index contributed by atoms with van der Waals surface area (Å²) in [6, 6.07) is 4.56. The third-order valence-corrected chi connectivity index (χ3v) is 4.71. The zero-order valence-corrected chi connectivity index (χ0v) is 20.0. The lowest BCUT2D eigenvalue weighted by Gasteiger charge is -2.24. The molecule has 2 rings (SSSR count). The van der Waals surface area contributed by atoms with Crippen molar-refractivity contribution in [1.82, 2.24) is 0 Å². The van der Waals surface area contributed by atoms with Crippen LogP contribution in [0.1, 0.15) is 58.2 Å². The van der Waals surface area contributed by atoms with E-state index in [4.69, 9.17) is 14.2 Å². The molecule has 0 bridgehead atoms. The Bertz CT molecular complexity index is 1060. The number of ketones is 1. The molecule has 184 valence electrons. The lowest BCUT2D eigenvalue weighted by molar-refractivity contribution is -0.274. The summed E-state index contributed by atoms with van der Waals surface area (Å²) in [5.74, 6) is -0.788. The SMILES string of the molecule is COc1c(C)c(C(=O)OC(C)(C)C)c(C)c(OC)c1C=CC(=O)c1ccc(OC(F)(F)F)cc1. The Hall–Kier alpha value is -3.49. The molecular formula is C25H27F3O6. The van der Waals surface area contributed by atoms with Crippen molar-refractivity contribution < 1.29 is 41.7 Å². The lowest BCUT2D eigenvalue weighted by Crippen LogP contribution is -2.25. The predicted molar refractivity (Wildman–Crippen MR) is 121 cm³/mol. The van der Waals surface area contributed by atoms with Gasteiger partial charge in [0.2, 0.25) is 0 Å². The van der Waals surface area contributed by atoms with Gasteiger partial charge >= 0.3 is 12.3 Å². The molecule has 0 aliphatic carbocycles. The van der Waals surface area contributed by atoms with Crippen molar-refractivity contribution in [2.24, 2.45) is 0 Å². The quantitative estimate of drug-likeness (QED) is 0.272. The van der Waals surface area contributed by atoms with Crippen LogP contribution in [0, 0.1) is 13.8 Å². The molecule has 0 spiro atoms. The second kappa shape index (κ2) is 10.2. The molecule has 0 unspecified atom stereocenters. The second-order valence-electron chi connectivity index (χ2n) is 8.38. The van der Waals surface area contributed by atoms with Gasteiger partial charge < -0.3 is 18.9 Å². The number of alkyl halides is 3. The topological polar surface area (TPSA) is 71.1 Å². The zero-order chi connectivity index (χ0) is 25.8. The van der Waals surface area contributed by atoms with Crippen LogP contribution in [0.5, 0.6) is 17.2 Å². The van der Waals surface area contributed by atoms with Crippen molar-refractivity contribution in [3.05, 3.63) is 58.2 Å². The number of carbonyl (C=O) groups is 2. The van der Waals surface area contributed by atoms with Crippen LogP contribution in [0.25, 0.3) is 6.08 Å². The number of methoxy groups -OCH3 is 2. The van der Waals surface area contributed by atoms with Gasteiger partial charge in [0.15, 0.2) is 5.78 Å². The summed E-state index contributed by atoms with van der Waals surface area (Å²) in [6.45, 7) is 8.67. The van der Waals surface area contributed by atoms with Crippen LogP contribution >= 0.6 is 0 Å². The highest BCUT2D eigenvalue weighted by Gasteiger charge is 2.31. The molecule has 0 saturated carbocycles. The molecule has 2 aromatic rings. The lowest BCUT2D eigenvalue weighted by atomic mass is 9.95. The normalized spacial score (nSPS) is 11.9. The number of rotatable bonds is 7. The number of benzene rings is 2. The van der Waals surface area contributed by atoms with E-state index in [2.05, 4.69) is 4.74 Å². The summed E-state index contributed by atoms with van der Waals surface area (Å²) >= 11 is 0. The second-order valence-corrected chi connectivity index (χ2v) is 8.38. The summed E-state index contributed by atoms with van der Waals surface area (Å²) in [5, 5.41) is 0. The van der Waals surface area contributed by atoms with E-state index in [1.165, 1.54) is 38.5 Å². The first-order valence-electron chi connectivity index (χ1n) is 10.2. The van der Waals surface area contributed by atoms with Gasteiger partial charge in [0, 0.05) is 16.7 Å². The molecular weight excluding hydrogens is 453 g/mol. The first kappa shape index (κ1) is 26.8. The van der Waals surface area contributed by atoms with Crippen molar-refractivity contribution in [2.75, 3.05) is 14.2 Å². The van der Waals surface area contributed by atoms with Gasteiger partial charge in [-0.25, -0.2) is 4.79 Å². The number of halogens is 3. The molecule has 0 amide bonds. The minimum atomic E-state index is -4.82. The Balaban J connectivity index is 2.45. The summed E-state index contributed by atoms with van der Waals surface area (Å²) in [7, 11) is 2.85. The smallest absolute Gasteiger partial charge is 0.496 e. The van der Waals surface area contributed by atoms with E-state index in [0.717, 1.165) is 12.1 Å². The fourth-order valence-electron chi connectivity index (χ4n) is 3.40. The highest BCUT2D eigenvalue weighted by Crippen LogP contribution is 2.40. The number of hydrogen-bond acceptors (Lipinski definition) is 6. The fraction of sp³-hybridized carbons (Fsp3) is 0.360. The maximum Gasteiger partial charge on any atom is 0.573 e. The van der Waals surface area contributed by atoms with E-state index < -0.39 is 29.5 Å². The van der Waals surface area contributed by atoms with Crippen LogP contribution in [-0.4, -0.2) is 37.9 Å². The monoisotopic (exact) mass is 480 g/mol. The van der Waals surface area contributed by atoms with E-state index in [0.29, 0.717) is 33.8 Å². The summed E-state index contributed by atoms with van der Waals surface area (Å²) < 4.78 is 57.3. The number of ether oxygens (including phenoxy) is 4. The molecule has 0 aliphatic rings. The van der Waals surface area contributed by atoms with Crippen LogP contribution in [0.15, 0.2) is 30.3 Å². The van der Waals surface area contributed by atoms with Crippen molar-refractivity contribution in [3.63, 3.8) is 0 Å². The van der Waals surface area contributed by atoms with Gasteiger partial charge in [-0.3, -0.25) is 4.79 Å². The van der Waals surface area contributed by atoms with Gasteiger partial charge in [-0.1, -0.05) is 0 Å². The maximum absolute atomic E-state index is 12.8. The van der Waals surface area contributed by atoms with Crippen molar-refractivity contribution in [3.8, 4) is 17.2 Å². The number of hydrogen-bond donors (Lipinski definition) is 0. The van der Waals surface area contributed by atoms with Gasteiger partial charge in [-0.15, -0.1) is 13.2 Å². The highest BCUT2D eigenvalue weighted by atomic mass is 19.4. The van der Waals surface area contributed by atoms with Crippen molar-refractivity contribution in [1.29, 1.82) is 0 Å². The van der Waals surface area contributed by atoms with E-state index in [9.17, 15) is 22.8 Å².